The normalized spacial score (nSPS) is 22.0. The first-order valence-corrected chi connectivity index (χ1v) is 7.54. The van der Waals surface area contributed by atoms with Crippen molar-refractivity contribution in [2.75, 3.05) is 0 Å². The van der Waals surface area contributed by atoms with Crippen molar-refractivity contribution < 1.29 is 14.7 Å². The molecule has 1 saturated carbocycles. The highest BCUT2D eigenvalue weighted by atomic mass is 32.1. The van der Waals surface area contributed by atoms with Gasteiger partial charge in [-0.05, 0) is 18.9 Å². The largest absolute Gasteiger partial charge is 0.481 e. The van der Waals surface area contributed by atoms with E-state index in [0.717, 1.165) is 22.9 Å². The Bertz CT molecular complexity index is 664. The van der Waals surface area contributed by atoms with Crippen LogP contribution in [0.25, 0.3) is 10.1 Å². The molecule has 1 aromatic heterocycles. The van der Waals surface area contributed by atoms with Crippen molar-refractivity contribution in [1.29, 1.82) is 0 Å². The number of hydrogen-bond acceptors (Lipinski definition) is 3. The summed E-state index contributed by atoms with van der Waals surface area (Å²) in [7, 11) is 0. The fourth-order valence-corrected chi connectivity index (χ4v) is 3.77. The molecule has 4 nitrogen and oxygen atoms in total. The van der Waals surface area contributed by atoms with Crippen molar-refractivity contribution in [2.45, 2.75) is 25.3 Å². The lowest BCUT2D eigenvalue weighted by Crippen LogP contribution is -2.40. The van der Waals surface area contributed by atoms with Crippen molar-refractivity contribution in [1.82, 2.24) is 5.32 Å². The van der Waals surface area contributed by atoms with E-state index < -0.39 is 11.9 Å². The van der Waals surface area contributed by atoms with Gasteiger partial charge in [0.05, 0.1) is 11.5 Å². The number of carboxylic acid groups (broad SMARTS) is 1. The fourth-order valence-electron chi connectivity index (χ4n) is 2.83. The molecule has 5 heteroatoms. The summed E-state index contributed by atoms with van der Waals surface area (Å²) in [6, 6.07) is 7.49. The van der Waals surface area contributed by atoms with E-state index in [1.807, 2.05) is 29.6 Å². The van der Waals surface area contributed by atoms with Gasteiger partial charge in [0.1, 0.15) is 0 Å². The molecule has 0 saturated heterocycles. The molecule has 20 heavy (non-hydrogen) atoms. The molecule has 104 valence electrons. The van der Waals surface area contributed by atoms with Crippen molar-refractivity contribution in [2.24, 2.45) is 5.92 Å². The van der Waals surface area contributed by atoms with E-state index in [0.29, 0.717) is 12.0 Å². The van der Waals surface area contributed by atoms with Gasteiger partial charge in [-0.2, -0.15) is 0 Å². The summed E-state index contributed by atoms with van der Waals surface area (Å²) in [5, 5.41) is 14.8. The molecule has 0 bridgehead atoms. The summed E-state index contributed by atoms with van der Waals surface area (Å²) >= 11 is 1.53. The third kappa shape index (κ3) is 2.29. The van der Waals surface area contributed by atoms with Gasteiger partial charge in [-0.25, -0.2) is 0 Å². The SMILES string of the molecule is O=C(NC1CCCC1C(=O)O)c1csc2ccccc12. The second-order valence-electron chi connectivity index (χ2n) is 5.10. The van der Waals surface area contributed by atoms with Crippen molar-refractivity contribution in [3.05, 3.63) is 35.2 Å². The quantitative estimate of drug-likeness (QED) is 0.913. The van der Waals surface area contributed by atoms with Gasteiger partial charge in [0.15, 0.2) is 0 Å². The van der Waals surface area contributed by atoms with Gasteiger partial charge in [-0.15, -0.1) is 11.3 Å². The minimum absolute atomic E-state index is 0.166. The van der Waals surface area contributed by atoms with Gasteiger partial charge in [0.2, 0.25) is 0 Å². The molecular weight excluding hydrogens is 274 g/mol. The monoisotopic (exact) mass is 289 g/mol. The Hall–Kier alpha value is -1.88. The first-order chi connectivity index (χ1) is 9.66. The highest BCUT2D eigenvalue weighted by molar-refractivity contribution is 7.17. The van der Waals surface area contributed by atoms with Gasteiger partial charge >= 0.3 is 5.97 Å². The predicted molar refractivity (Wildman–Crippen MR) is 78.1 cm³/mol. The van der Waals surface area contributed by atoms with Gasteiger partial charge < -0.3 is 10.4 Å². The molecule has 1 aliphatic carbocycles. The minimum Gasteiger partial charge on any atom is -0.481 e. The Labute approximate surface area is 120 Å². The van der Waals surface area contributed by atoms with Crippen LogP contribution in [0.1, 0.15) is 29.6 Å². The summed E-state index contributed by atoms with van der Waals surface area (Å²) in [6.07, 6.45) is 2.24. The van der Waals surface area contributed by atoms with Gasteiger partial charge in [0.25, 0.3) is 5.91 Å². The lowest BCUT2D eigenvalue weighted by molar-refractivity contribution is -0.142. The average molecular weight is 289 g/mol. The van der Waals surface area contributed by atoms with Crippen LogP contribution in [0, 0.1) is 5.92 Å². The Morgan fingerprint density at radius 3 is 2.85 bits per heavy atom. The third-order valence-corrected chi connectivity index (χ3v) is 4.84. The van der Waals surface area contributed by atoms with E-state index >= 15 is 0 Å². The zero-order chi connectivity index (χ0) is 14.1. The maximum Gasteiger partial charge on any atom is 0.308 e. The fraction of sp³-hybridized carbons (Fsp3) is 0.333. The number of carbonyl (C=O) groups excluding carboxylic acids is 1. The van der Waals surface area contributed by atoms with Crippen molar-refractivity contribution >= 4 is 33.3 Å². The molecule has 3 rings (SSSR count). The second kappa shape index (κ2) is 5.25. The van der Waals surface area contributed by atoms with E-state index in [1.54, 1.807) is 0 Å². The Balaban J connectivity index is 1.81. The number of fused-ring (bicyclic) bond motifs is 1. The number of carbonyl (C=O) groups is 2. The Morgan fingerprint density at radius 2 is 2.05 bits per heavy atom. The zero-order valence-corrected chi connectivity index (χ0v) is 11.7. The topological polar surface area (TPSA) is 66.4 Å². The second-order valence-corrected chi connectivity index (χ2v) is 6.01. The lowest BCUT2D eigenvalue weighted by atomic mass is 10.0. The van der Waals surface area contributed by atoms with Crippen LogP contribution in [-0.4, -0.2) is 23.0 Å². The van der Waals surface area contributed by atoms with Gasteiger partial charge in [-0.1, -0.05) is 24.6 Å². The number of nitrogens with one attached hydrogen (secondary N) is 1. The summed E-state index contributed by atoms with van der Waals surface area (Å²) in [5.41, 5.74) is 0.640. The van der Waals surface area contributed by atoms with E-state index in [-0.39, 0.29) is 11.9 Å². The molecule has 2 aromatic rings. The van der Waals surface area contributed by atoms with E-state index in [9.17, 15) is 9.59 Å². The number of benzene rings is 1. The molecule has 1 aromatic carbocycles. The number of rotatable bonds is 3. The average Bonchev–Trinajstić information content (AvgIpc) is 3.04. The summed E-state index contributed by atoms with van der Waals surface area (Å²) in [4.78, 5) is 23.5. The maximum atomic E-state index is 12.3. The minimum atomic E-state index is -0.817. The van der Waals surface area contributed by atoms with Crippen molar-refractivity contribution in [3.63, 3.8) is 0 Å². The Kier molecular flexibility index (Phi) is 3.44. The van der Waals surface area contributed by atoms with Crippen LogP contribution in [0.2, 0.25) is 0 Å². The predicted octanol–water partition coefficient (Wildman–Crippen LogP) is 2.88. The smallest absolute Gasteiger partial charge is 0.308 e. The highest BCUT2D eigenvalue weighted by Crippen LogP contribution is 2.28. The first kappa shape index (κ1) is 13.1. The molecule has 0 spiro atoms. The molecule has 1 aliphatic rings. The molecule has 0 radical (unpaired) electrons. The first-order valence-electron chi connectivity index (χ1n) is 6.66. The molecular formula is C15H15NO3S. The number of amides is 1. The molecule has 1 fully saturated rings. The standard InChI is InChI=1S/C15H15NO3S/c17-14(16-12-6-3-5-10(12)15(18)19)11-8-20-13-7-2-1-4-9(11)13/h1-2,4,7-8,10,12H,3,5-6H2,(H,16,17)(H,18,19). The third-order valence-electron chi connectivity index (χ3n) is 3.88. The number of thiophene rings is 1. The molecule has 2 unspecified atom stereocenters. The van der Waals surface area contributed by atoms with E-state index in [4.69, 9.17) is 5.11 Å². The molecule has 1 heterocycles. The molecule has 0 aliphatic heterocycles. The highest BCUT2D eigenvalue weighted by Gasteiger charge is 2.34. The van der Waals surface area contributed by atoms with Gasteiger partial charge in [-0.3, -0.25) is 9.59 Å². The summed E-state index contributed by atoms with van der Waals surface area (Å²) < 4.78 is 1.07. The van der Waals surface area contributed by atoms with Crippen molar-refractivity contribution in [3.8, 4) is 0 Å². The van der Waals surface area contributed by atoms with Crippen LogP contribution >= 0.6 is 11.3 Å². The molecule has 2 atom stereocenters. The summed E-state index contributed by atoms with van der Waals surface area (Å²) in [5.74, 6) is -1.44. The lowest BCUT2D eigenvalue weighted by Gasteiger charge is -2.17. The van der Waals surface area contributed by atoms with E-state index in [1.165, 1.54) is 11.3 Å². The maximum absolute atomic E-state index is 12.3. The molecule has 2 N–H and O–H groups in total. The Morgan fingerprint density at radius 1 is 1.25 bits per heavy atom. The van der Waals surface area contributed by atoms with Gasteiger partial charge in [0, 0.05) is 21.5 Å². The van der Waals surface area contributed by atoms with Crippen LogP contribution in [0.3, 0.4) is 0 Å². The van der Waals surface area contributed by atoms with Crippen LogP contribution < -0.4 is 5.32 Å². The zero-order valence-electron chi connectivity index (χ0n) is 10.8. The number of hydrogen-bond donors (Lipinski definition) is 2. The molecule has 1 amide bonds. The summed E-state index contributed by atoms with van der Waals surface area (Å²) in [6.45, 7) is 0. The van der Waals surface area contributed by atoms with Crippen LogP contribution in [0.5, 0.6) is 0 Å². The van der Waals surface area contributed by atoms with Crippen LogP contribution in [0.4, 0.5) is 0 Å². The number of carboxylic acids is 1. The number of aliphatic carboxylic acids is 1. The van der Waals surface area contributed by atoms with Crippen LogP contribution in [0.15, 0.2) is 29.6 Å². The van der Waals surface area contributed by atoms with E-state index in [2.05, 4.69) is 5.32 Å². The van der Waals surface area contributed by atoms with Crippen LogP contribution in [-0.2, 0) is 4.79 Å².